The van der Waals surface area contributed by atoms with Crippen molar-refractivity contribution in [1.82, 2.24) is 0 Å². The Morgan fingerprint density at radius 2 is 1.95 bits per heavy atom. The summed E-state index contributed by atoms with van der Waals surface area (Å²) in [6.45, 7) is 10.8. The number of carbonyl (C=O) groups excluding carboxylic acids is 1. The highest BCUT2D eigenvalue weighted by Crippen LogP contribution is 2.27. The van der Waals surface area contributed by atoms with Crippen LogP contribution < -0.4 is 0 Å². The second kappa shape index (κ2) is 6.56. The summed E-state index contributed by atoms with van der Waals surface area (Å²) < 4.78 is 0. The monoisotopic (exact) mass is 280 g/mol. The van der Waals surface area contributed by atoms with Gasteiger partial charge in [0, 0.05) is 17.9 Å². The molecule has 0 fully saturated rings. The maximum absolute atomic E-state index is 12.1. The average Bonchev–Trinajstić information content (AvgIpc) is 2.19. The molecule has 2 heteroatoms. The van der Waals surface area contributed by atoms with Gasteiger partial charge in [0.25, 0.3) is 0 Å². The number of benzene rings is 1. The second-order valence-electron chi connectivity index (χ2n) is 6.88. The Labute approximate surface area is 122 Å². The minimum absolute atomic E-state index is 0.279. The molecule has 1 rings (SSSR count). The van der Waals surface area contributed by atoms with Crippen LogP contribution in [0.1, 0.15) is 51.7 Å². The van der Waals surface area contributed by atoms with Crippen LogP contribution in [0, 0.1) is 18.3 Å². The number of Topliss-reactive ketones (excluding diaryl/α,β-unsaturated/α-hetero) is 1. The Hall–Kier alpha value is -0.820. The molecular weight excluding hydrogens is 256 g/mol. The first-order valence-corrected chi connectivity index (χ1v) is 7.32. The van der Waals surface area contributed by atoms with E-state index in [9.17, 15) is 4.79 Å². The summed E-state index contributed by atoms with van der Waals surface area (Å²) in [4.78, 5) is 12.1. The minimum Gasteiger partial charge on any atom is -0.299 e. The lowest BCUT2D eigenvalue weighted by Gasteiger charge is -2.22. The second-order valence-corrected chi connectivity index (χ2v) is 7.29. The minimum atomic E-state index is 0.279. The Balaban J connectivity index is 2.56. The van der Waals surface area contributed by atoms with Crippen LogP contribution in [0.5, 0.6) is 0 Å². The Morgan fingerprint density at radius 3 is 2.47 bits per heavy atom. The lowest BCUT2D eigenvalue weighted by atomic mass is 9.83. The summed E-state index contributed by atoms with van der Waals surface area (Å²) in [6, 6.07) is 5.89. The van der Waals surface area contributed by atoms with Crippen molar-refractivity contribution >= 4 is 17.4 Å². The summed E-state index contributed by atoms with van der Waals surface area (Å²) in [6.07, 6.45) is 2.16. The van der Waals surface area contributed by atoms with Crippen molar-refractivity contribution in [3.8, 4) is 0 Å². The molecule has 0 spiro atoms. The highest BCUT2D eigenvalue weighted by Gasteiger charge is 2.18. The van der Waals surface area contributed by atoms with Crippen molar-refractivity contribution in [2.75, 3.05) is 0 Å². The first-order valence-electron chi connectivity index (χ1n) is 6.94. The third-order valence-electron chi connectivity index (χ3n) is 3.13. The molecule has 0 aromatic heterocycles. The van der Waals surface area contributed by atoms with Gasteiger partial charge >= 0.3 is 0 Å². The van der Waals surface area contributed by atoms with Gasteiger partial charge in [0.15, 0.2) is 0 Å². The van der Waals surface area contributed by atoms with Gasteiger partial charge in [-0.3, -0.25) is 4.79 Å². The van der Waals surface area contributed by atoms with Gasteiger partial charge in [-0.25, -0.2) is 0 Å². The molecule has 0 radical (unpaired) electrons. The van der Waals surface area contributed by atoms with Crippen molar-refractivity contribution < 1.29 is 4.79 Å². The number of hydrogen-bond donors (Lipinski definition) is 0. The summed E-state index contributed by atoms with van der Waals surface area (Å²) in [5.74, 6) is 0.708. The zero-order valence-electron chi connectivity index (χ0n) is 12.7. The Kier molecular flexibility index (Phi) is 5.61. The summed E-state index contributed by atoms with van der Waals surface area (Å²) in [5.41, 5.74) is 2.35. The average molecular weight is 281 g/mol. The van der Waals surface area contributed by atoms with Crippen molar-refractivity contribution in [1.29, 1.82) is 0 Å². The molecular formula is C17H25ClO. The molecule has 0 N–H and O–H groups in total. The topological polar surface area (TPSA) is 17.1 Å². The van der Waals surface area contributed by atoms with Crippen LogP contribution in [0.15, 0.2) is 18.2 Å². The van der Waals surface area contributed by atoms with Crippen LogP contribution >= 0.6 is 11.6 Å². The molecule has 19 heavy (non-hydrogen) atoms. The summed E-state index contributed by atoms with van der Waals surface area (Å²) in [5, 5.41) is 0.705. The van der Waals surface area contributed by atoms with E-state index in [0.29, 0.717) is 23.8 Å². The molecule has 0 saturated heterocycles. The largest absolute Gasteiger partial charge is 0.299 e. The van der Waals surface area contributed by atoms with Crippen LogP contribution in [0.25, 0.3) is 0 Å². The smallest absolute Gasteiger partial charge is 0.137 e. The van der Waals surface area contributed by atoms with Crippen molar-refractivity contribution in [3.05, 3.63) is 34.3 Å². The molecule has 0 heterocycles. The number of halogens is 1. The van der Waals surface area contributed by atoms with Gasteiger partial charge in [0.1, 0.15) is 5.78 Å². The van der Waals surface area contributed by atoms with Gasteiger partial charge in [-0.15, -0.1) is 0 Å². The van der Waals surface area contributed by atoms with Crippen LogP contribution in [0.2, 0.25) is 5.02 Å². The molecule has 1 aromatic rings. The maximum atomic E-state index is 12.1. The van der Waals surface area contributed by atoms with Gasteiger partial charge in [-0.05, 0) is 41.9 Å². The van der Waals surface area contributed by atoms with Gasteiger partial charge < -0.3 is 0 Å². The van der Waals surface area contributed by atoms with Crippen molar-refractivity contribution in [2.45, 2.75) is 53.9 Å². The van der Waals surface area contributed by atoms with Crippen LogP contribution in [-0.2, 0) is 11.2 Å². The normalized spacial score (nSPS) is 13.4. The molecule has 0 bridgehead atoms. The maximum Gasteiger partial charge on any atom is 0.137 e. The first kappa shape index (κ1) is 16.2. The van der Waals surface area contributed by atoms with Crippen LogP contribution in [0.4, 0.5) is 0 Å². The number of rotatable bonds is 5. The Bertz CT molecular complexity index is 443. The fourth-order valence-electron chi connectivity index (χ4n) is 2.59. The Morgan fingerprint density at radius 1 is 1.32 bits per heavy atom. The number of hydrogen-bond acceptors (Lipinski definition) is 1. The van der Waals surface area contributed by atoms with E-state index in [2.05, 4.69) is 27.7 Å². The fraction of sp³-hybridized carbons (Fsp3) is 0.588. The molecule has 0 saturated carbocycles. The van der Waals surface area contributed by atoms with E-state index >= 15 is 0 Å². The third-order valence-corrected chi connectivity index (χ3v) is 3.49. The fourth-order valence-corrected chi connectivity index (χ4v) is 2.89. The van der Waals surface area contributed by atoms with Gasteiger partial charge in [0.2, 0.25) is 0 Å². The highest BCUT2D eigenvalue weighted by molar-refractivity contribution is 6.31. The molecule has 1 unspecified atom stereocenters. The highest BCUT2D eigenvalue weighted by atomic mass is 35.5. The van der Waals surface area contributed by atoms with Crippen LogP contribution in [0.3, 0.4) is 0 Å². The van der Waals surface area contributed by atoms with E-state index in [1.54, 1.807) is 0 Å². The van der Waals surface area contributed by atoms with E-state index in [-0.39, 0.29) is 11.2 Å². The van der Waals surface area contributed by atoms with E-state index < -0.39 is 0 Å². The lowest BCUT2D eigenvalue weighted by Crippen LogP contribution is -2.15. The van der Waals surface area contributed by atoms with E-state index in [0.717, 1.165) is 17.5 Å². The van der Waals surface area contributed by atoms with Crippen molar-refractivity contribution in [3.63, 3.8) is 0 Å². The standard InChI is InChI=1S/C17H25ClO/c1-12-6-7-14(16(18)9-12)10-15(19)8-13(2)11-17(3,4)5/h6-7,9,13H,8,10-11H2,1-5H3. The third kappa shape index (κ3) is 6.24. The molecule has 0 amide bonds. The van der Waals surface area contributed by atoms with Gasteiger partial charge in [-0.2, -0.15) is 0 Å². The zero-order chi connectivity index (χ0) is 14.6. The van der Waals surface area contributed by atoms with Crippen LogP contribution in [-0.4, -0.2) is 5.78 Å². The molecule has 1 aromatic carbocycles. The molecule has 1 atom stereocenters. The first-order chi connectivity index (χ1) is 8.67. The van der Waals surface area contributed by atoms with E-state index in [1.807, 2.05) is 25.1 Å². The zero-order valence-corrected chi connectivity index (χ0v) is 13.5. The van der Waals surface area contributed by atoms with E-state index in [4.69, 9.17) is 11.6 Å². The predicted octanol–water partition coefficient (Wildman–Crippen LogP) is 5.22. The summed E-state index contributed by atoms with van der Waals surface area (Å²) >= 11 is 6.16. The molecule has 106 valence electrons. The number of aryl methyl sites for hydroxylation is 1. The lowest BCUT2D eigenvalue weighted by molar-refractivity contribution is -0.119. The van der Waals surface area contributed by atoms with Crippen molar-refractivity contribution in [2.24, 2.45) is 11.3 Å². The SMILES string of the molecule is Cc1ccc(CC(=O)CC(C)CC(C)(C)C)c(Cl)c1. The summed E-state index contributed by atoms with van der Waals surface area (Å²) in [7, 11) is 0. The predicted molar refractivity (Wildman–Crippen MR) is 82.8 cm³/mol. The number of carbonyl (C=O) groups is 1. The molecule has 0 aliphatic rings. The quantitative estimate of drug-likeness (QED) is 0.722. The van der Waals surface area contributed by atoms with Gasteiger partial charge in [-0.1, -0.05) is 51.4 Å². The number of ketones is 1. The van der Waals surface area contributed by atoms with Gasteiger partial charge in [0.05, 0.1) is 0 Å². The molecule has 0 aliphatic heterocycles. The van der Waals surface area contributed by atoms with E-state index in [1.165, 1.54) is 0 Å². The molecule has 1 nitrogen and oxygen atoms in total. The molecule has 0 aliphatic carbocycles.